The van der Waals surface area contributed by atoms with E-state index in [9.17, 15) is 72.5 Å². The third-order valence-electron chi connectivity index (χ3n) is 20.1. The Bertz CT molecular complexity index is 3530. The molecule has 6 rings (SSSR count). The SMILES string of the molecule is CCC(OC)C1C(=O)OC(=O)C1C.CCO.CCOC(=O)C(C(CC1C(=O)N(CCCNC(=O)c2ccc(N(C)C)cc2)C(=O)C1C(CC(C(=O)O)C(C(=O)NCCCNC(=O)c1ccc(N(C)C)cc1)C(CC)OC)OC)OC)C(CC(OC)C1C(=O)OC(=O)C1C)C(=O)O.CN(C)c1ccc(C(=O)CCCCN)cc1. The number of nitrogens with two attached hydrogens (primary N) is 1. The molecule has 3 aromatic rings. The number of hydrogen-bond acceptors (Lipinski definition) is 26. The second-order valence-electron chi connectivity index (χ2n) is 28.0. The van der Waals surface area contributed by atoms with Crippen molar-refractivity contribution in [3.63, 3.8) is 0 Å². The molecule has 3 aliphatic rings. The van der Waals surface area contributed by atoms with Crippen LogP contribution in [0.4, 0.5) is 17.1 Å². The zero-order valence-corrected chi connectivity index (χ0v) is 67.9. The lowest BCUT2D eigenvalue weighted by molar-refractivity contribution is -0.168. The number of Topliss-reactive ketones (excluding diaryl/α,β-unsaturated/α-hetero) is 1. The number of aliphatic carboxylic acids is 2. The fraction of sp³-hybridized carbons (Fsp3) is 0.613. The van der Waals surface area contributed by atoms with Gasteiger partial charge in [-0.2, -0.15) is 0 Å². The van der Waals surface area contributed by atoms with Crippen LogP contribution in [-0.2, 0) is 85.8 Å². The average Bonchev–Trinajstić information content (AvgIpc) is 1.61. The van der Waals surface area contributed by atoms with Gasteiger partial charge in [-0.05, 0) is 151 Å². The Morgan fingerprint density at radius 1 is 0.509 bits per heavy atom. The Labute approximate surface area is 657 Å². The molecule has 3 fully saturated rings. The summed E-state index contributed by atoms with van der Waals surface area (Å²) in [5.41, 5.74) is 9.86. The fourth-order valence-corrected chi connectivity index (χ4v) is 13.8. The molecule has 0 bridgehead atoms. The number of nitrogens with zero attached hydrogens (tertiary/aromatic N) is 4. The van der Waals surface area contributed by atoms with Gasteiger partial charge in [-0.25, -0.2) is 0 Å². The highest BCUT2D eigenvalue weighted by Gasteiger charge is 2.56. The van der Waals surface area contributed by atoms with Gasteiger partial charge < -0.3 is 89.6 Å². The molecular weight excluding hydrogens is 1460 g/mol. The van der Waals surface area contributed by atoms with Crippen LogP contribution >= 0.6 is 0 Å². The van der Waals surface area contributed by atoms with E-state index >= 15 is 0 Å². The maximum Gasteiger partial charge on any atom is 0.320 e. The van der Waals surface area contributed by atoms with Crippen molar-refractivity contribution in [2.45, 2.75) is 136 Å². The number of imide groups is 1. The maximum atomic E-state index is 14.9. The minimum Gasteiger partial charge on any atom is -0.481 e. The maximum absolute atomic E-state index is 14.9. The van der Waals surface area contributed by atoms with Crippen molar-refractivity contribution in [1.82, 2.24) is 20.9 Å². The van der Waals surface area contributed by atoms with Crippen molar-refractivity contribution in [2.24, 2.45) is 64.9 Å². The predicted molar refractivity (Wildman–Crippen MR) is 415 cm³/mol. The molecule has 3 aliphatic heterocycles. The van der Waals surface area contributed by atoms with Crippen LogP contribution in [0, 0.1) is 59.2 Å². The van der Waals surface area contributed by atoms with Gasteiger partial charge in [0.2, 0.25) is 17.7 Å². The number of carbonyl (C=O) groups excluding carboxylic acids is 11. The number of amides is 5. The van der Waals surface area contributed by atoms with E-state index in [2.05, 4.69) is 20.7 Å². The lowest BCUT2D eigenvalue weighted by Crippen LogP contribution is -2.48. The molecule has 0 saturated carbocycles. The molecule has 8 N–H and O–H groups in total. The lowest BCUT2D eigenvalue weighted by atomic mass is 9.74. The molecule has 0 aromatic heterocycles. The highest BCUT2D eigenvalue weighted by molar-refractivity contribution is 6.06. The number of methoxy groups -OCH3 is 5. The van der Waals surface area contributed by atoms with E-state index in [1.165, 1.54) is 42.3 Å². The summed E-state index contributed by atoms with van der Waals surface area (Å²) in [6.45, 7) is 10.5. The number of likely N-dealkylation sites (tertiary alicyclic amines) is 1. The normalized spacial score (nSPS) is 19.5. The minimum atomic E-state index is -1.75. The molecule has 5 amide bonds. The summed E-state index contributed by atoms with van der Waals surface area (Å²) >= 11 is 0. The molecule has 32 heteroatoms. The number of benzene rings is 3. The van der Waals surface area contributed by atoms with Gasteiger partial charge >= 0.3 is 41.8 Å². The summed E-state index contributed by atoms with van der Waals surface area (Å²) < 4.78 is 43.0. The second kappa shape index (κ2) is 49.2. The molecule has 624 valence electrons. The van der Waals surface area contributed by atoms with Gasteiger partial charge in [0.25, 0.3) is 11.8 Å². The first kappa shape index (κ1) is 96.9. The van der Waals surface area contributed by atoms with Crippen LogP contribution in [0.2, 0.25) is 0 Å². The zero-order valence-electron chi connectivity index (χ0n) is 67.9. The highest BCUT2D eigenvalue weighted by Crippen LogP contribution is 2.42. The third-order valence-corrected chi connectivity index (χ3v) is 20.1. The highest BCUT2D eigenvalue weighted by atomic mass is 16.6. The summed E-state index contributed by atoms with van der Waals surface area (Å²) in [6, 6.07) is 21.5. The Morgan fingerprint density at radius 2 is 0.920 bits per heavy atom. The Kier molecular flexibility index (Phi) is 42.6. The molecule has 32 nitrogen and oxygen atoms in total. The Balaban J connectivity index is 0.000000829. The van der Waals surface area contributed by atoms with Crippen molar-refractivity contribution in [1.29, 1.82) is 0 Å². The number of nitrogens with one attached hydrogen (secondary N) is 3. The van der Waals surface area contributed by atoms with Gasteiger partial charge in [0, 0.05) is 151 Å². The van der Waals surface area contributed by atoms with Gasteiger partial charge in [0.1, 0.15) is 0 Å². The molecule has 0 radical (unpaired) electrons. The number of anilines is 3. The second-order valence-corrected chi connectivity index (χ2v) is 28.0. The first-order valence-electron chi connectivity index (χ1n) is 37.8. The number of rotatable bonds is 43. The molecule has 15 atom stereocenters. The number of ketones is 1. The Hall–Kier alpha value is -9.31. The van der Waals surface area contributed by atoms with E-state index in [0.717, 1.165) is 47.5 Å². The summed E-state index contributed by atoms with van der Waals surface area (Å²) in [7, 11) is 17.9. The van der Waals surface area contributed by atoms with Crippen LogP contribution in [0.5, 0.6) is 0 Å². The first-order chi connectivity index (χ1) is 53.2. The summed E-state index contributed by atoms with van der Waals surface area (Å²) in [5, 5.41) is 37.7. The fourth-order valence-electron chi connectivity index (χ4n) is 13.8. The number of unbranched alkanes of at least 4 members (excludes halogenated alkanes) is 1. The molecule has 15 unspecified atom stereocenters. The quantitative estimate of drug-likeness (QED) is 0.00923. The van der Waals surface area contributed by atoms with Crippen molar-refractivity contribution < 1.29 is 116 Å². The minimum absolute atomic E-state index is 0.00418. The number of ether oxygens (including phenoxy) is 8. The van der Waals surface area contributed by atoms with Gasteiger partial charge in [-0.3, -0.25) is 67.2 Å². The molecule has 3 aromatic carbocycles. The molecular formula is C80H120N8O24. The smallest absolute Gasteiger partial charge is 0.320 e. The van der Waals surface area contributed by atoms with Gasteiger partial charge in [0.15, 0.2) is 5.78 Å². The number of carboxylic acid groups (broad SMARTS) is 2. The van der Waals surface area contributed by atoms with E-state index in [1.54, 1.807) is 69.3 Å². The molecule has 112 heavy (non-hydrogen) atoms. The molecule has 3 heterocycles. The zero-order chi connectivity index (χ0) is 84.2. The number of aliphatic hydroxyl groups excluding tert-OH is 1. The third kappa shape index (κ3) is 27.8. The number of aliphatic hydroxyl groups is 1. The first-order valence-corrected chi connectivity index (χ1v) is 37.8. The predicted octanol–water partition coefficient (Wildman–Crippen LogP) is 5.46. The van der Waals surface area contributed by atoms with E-state index < -0.39 is 162 Å². The standard InChI is InChI=1S/C56H80N6O18.C13H20N2O.C9H14O4.C2H6O/c1-12-39(75-8)44(49(65)59-25-14-24-57-47(63)32-16-20-34(21-17-32)60(4)5)37(52(68)69)29-41(77-10)45-36(50(66)62(51(45)67)27-15-26-58-48(64)33-18-22-35(23-19-33)61(6)7)28-42(78-11)46(55(73)79-13-2)38(53(70)71)30-40(76-9)43-31(3)54(72)80-56(43)74;1-15(2)12-8-6-11(7-9-12)13(16)5-3-4-10-14;1-4-6(12-3)7-5(2)8(10)13-9(7)11;1-2-3/h16-23,31,36-46H,12-15,24-30H2,1-11H3,(H,57,63)(H,58,64)(H,59,65)(H,68,69)(H,70,71);6-9H,3-5,10,14H2,1-2H3;5-7H,4H2,1-3H3;3H,2H2,1H3. The summed E-state index contributed by atoms with van der Waals surface area (Å²) in [4.78, 5) is 177. The number of cyclic esters (lactones) is 4. The van der Waals surface area contributed by atoms with Gasteiger partial charge in [-0.1, -0.05) is 27.7 Å². The Morgan fingerprint density at radius 3 is 1.29 bits per heavy atom. The van der Waals surface area contributed by atoms with Crippen molar-refractivity contribution in [3.8, 4) is 0 Å². The number of carbonyl (C=O) groups is 13. The van der Waals surface area contributed by atoms with Crippen LogP contribution in [0.3, 0.4) is 0 Å². The largest absolute Gasteiger partial charge is 0.481 e. The van der Waals surface area contributed by atoms with Crippen LogP contribution in [0.1, 0.15) is 137 Å². The van der Waals surface area contributed by atoms with E-state index in [4.69, 9.17) is 44.0 Å². The van der Waals surface area contributed by atoms with Crippen molar-refractivity contribution in [2.75, 3.05) is 138 Å². The van der Waals surface area contributed by atoms with E-state index in [1.807, 2.05) is 88.2 Å². The molecule has 3 saturated heterocycles. The lowest BCUT2D eigenvalue weighted by Gasteiger charge is -2.35. The van der Waals surface area contributed by atoms with Crippen molar-refractivity contribution >= 4 is 94.2 Å². The average molecular weight is 1580 g/mol. The summed E-state index contributed by atoms with van der Waals surface area (Å²) in [6.07, 6.45) is -3.47. The van der Waals surface area contributed by atoms with Gasteiger partial charge in [0.05, 0.1) is 96.3 Å². The van der Waals surface area contributed by atoms with Crippen LogP contribution < -0.4 is 36.4 Å². The molecule has 0 aliphatic carbocycles. The van der Waals surface area contributed by atoms with Crippen LogP contribution in [0.15, 0.2) is 72.8 Å². The molecule has 0 spiro atoms. The number of hydrogen-bond donors (Lipinski definition) is 7. The monoisotopic (exact) mass is 1580 g/mol. The van der Waals surface area contributed by atoms with Crippen LogP contribution in [0.25, 0.3) is 0 Å². The van der Waals surface area contributed by atoms with Gasteiger partial charge in [-0.15, -0.1) is 0 Å². The van der Waals surface area contributed by atoms with E-state index in [-0.39, 0.29) is 82.4 Å². The number of carboxylic acids is 2. The van der Waals surface area contributed by atoms with Crippen molar-refractivity contribution in [3.05, 3.63) is 89.5 Å². The number of esters is 5. The van der Waals surface area contributed by atoms with E-state index in [0.29, 0.717) is 30.5 Å². The topological polar surface area (TPSA) is 432 Å². The summed E-state index contributed by atoms with van der Waals surface area (Å²) in [5.74, 6) is -22.2. The van der Waals surface area contributed by atoms with Crippen LogP contribution in [-0.4, -0.2) is 252 Å².